The Hall–Kier alpha value is -8.54. The van der Waals surface area contributed by atoms with Crippen LogP contribution in [0.25, 0.3) is 55.3 Å². The number of hydrogen-bond donors (Lipinski definition) is 0. The van der Waals surface area contributed by atoms with Gasteiger partial charge in [-0.05, 0) is 135 Å². The van der Waals surface area contributed by atoms with E-state index in [1.165, 1.54) is 24.3 Å². The van der Waals surface area contributed by atoms with E-state index in [1.54, 1.807) is 0 Å². The first-order valence-electron chi connectivity index (χ1n) is 22.2. The smallest absolute Gasteiger partial charge is 0.143 e. The minimum Gasteiger partial charge on any atom is -0.455 e. The third-order valence-corrected chi connectivity index (χ3v) is 13.6. The van der Waals surface area contributed by atoms with Crippen LogP contribution in [0.5, 0.6) is 0 Å². The molecule has 66 heavy (non-hydrogen) atoms. The lowest BCUT2D eigenvalue weighted by Crippen LogP contribution is -2.42. The molecule has 0 fully saturated rings. The SMILES string of the molecule is Fc1ccc(-c2ccc(N3c4ccccc4C4(c5ccccc53)c3ccccc3N(c3ccc(-c5ccc(F)cc5)cc3)c3ccc(-c5cccc6c5oc5ccccc56)cc34)cc2)cc1. The fraction of sp³-hybridized carbons (Fsp3) is 0.0164. The molecule has 3 heterocycles. The summed E-state index contributed by atoms with van der Waals surface area (Å²) in [6.07, 6.45) is 0. The van der Waals surface area contributed by atoms with E-state index in [9.17, 15) is 8.78 Å². The molecule has 0 bridgehead atoms. The average Bonchev–Trinajstić information content (AvgIpc) is 3.76. The highest BCUT2D eigenvalue weighted by Gasteiger charge is 2.52. The molecule has 1 aromatic heterocycles. The molecule has 0 aliphatic carbocycles. The zero-order valence-electron chi connectivity index (χ0n) is 35.5. The number of nitrogens with zero attached hydrogens (tertiary/aromatic N) is 2. The molecular weight excluding hydrogens is 815 g/mol. The zero-order valence-corrected chi connectivity index (χ0v) is 35.5. The molecule has 11 aromatic rings. The van der Waals surface area contributed by atoms with E-state index in [1.807, 2.05) is 36.4 Å². The minimum atomic E-state index is -0.772. The highest BCUT2D eigenvalue weighted by molar-refractivity contribution is 6.10. The van der Waals surface area contributed by atoms with Crippen LogP contribution >= 0.6 is 0 Å². The van der Waals surface area contributed by atoms with Crippen molar-refractivity contribution in [1.29, 1.82) is 0 Å². The van der Waals surface area contributed by atoms with Crippen molar-refractivity contribution in [3.8, 4) is 33.4 Å². The fourth-order valence-electron chi connectivity index (χ4n) is 10.7. The molecule has 0 radical (unpaired) electrons. The maximum absolute atomic E-state index is 14.0. The normalized spacial score (nSPS) is 13.4. The number of benzene rings is 10. The molecule has 1 spiro atoms. The van der Waals surface area contributed by atoms with Crippen molar-refractivity contribution >= 4 is 56.1 Å². The van der Waals surface area contributed by atoms with Crippen LogP contribution in [0.2, 0.25) is 0 Å². The number of hydrogen-bond acceptors (Lipinski definition) is 3. The lowest BCUT2D eigenvalue weighted by molar-refractivity contribution is 0.627. The van der Waals surface area contributed by atoms with Gasteiger partial charge in [0.1, 0.15) is 22.8 Å². The topological polar surface area (TPSA) is 19.6 Å². The van der Waals surface area contributed by atoms with Crippen LogP contribution < -0.4 is 9.80 Å². The van der Waals surface area contributed by atoms with E-state index < -0.39 is 5.41 Å². The number of fused-ring (bicyclic) bond motifs is 11. The molecule has 2 aliphatic rings. The molecule has 5 heteroatoms. The highest BCUT2D eigenvalue weighted by atomic mass is 19.1. The highest BCUT2D eigenvalue weighted by Crippen LogP contribution is 2.64. The Morgan fingerprint density at radius 1 is 0.333 bits per heavy atom. The van der Waals surface area contributed by atoms with Gasteiger partial charge < -0.3 is 14.2 Å². The summed E-state index contributed by atoms with van der Waals surface area (Å²) in [5.41, 5.74) is 17.9. The molecular formula is C61H38F2N2O. The summed E-state index contributed by atoms with van der Waals surface area (Å²) >= 11 is 0. The fourth-order valence-corrected chi connectivity index (χ4v) is 10.7. The monoisotopic (exact) mass is 852 g/mol. The van der Waals surface area contributed by atoms with Gasteiger partial charge in [-0.15, -0.1) is 0 Å². The van der Waals surface area contributed by atoms with Crippen LogP contribution in [-0.2, 0) is 5.41 Å². The van der Waals surface area contributed by atoms with Crippen molar-refractivity contribution in [3.63, 3.8) is 0 Å². The first-order valence-corrected chi connectivity index (χ1v) is 22.2. The molecule has 0 saturated carbocycles. The molecule has 0 amide bonds. The molecule has 0 unspecified atom stereocenters. The Morgan fingerprint density at radius 2 is 0.742 bits per heavy atom. The average molecular weight is 853 g/mol. The van der Waals surface area contributed by atoms with Gasteiger partial charge in [0.15, 0.2) is 0 Å². The van der Waals surface area contributed by atoms with E-state index >= 15 is 0 Å². The van der Waals surface area contributed by atoms with E-state index in [-0.39, 0.29) is 11.6 Å². The third-order valence-electron chi connectivity index (χ3n) is 13.6. The van der Waals surface area contributed by atoms with Crippen molar-refractivity contribution < 1.29 is 13.2 Å². The largest absolute Gasteiger partial charge is 0.455 e. The van der Waals surface area contributed by atoms with Gasteiger partial charge in [0, 0.05) is 27.7 Å². The number of halogens is 2. The Labute approximate surface area is 380 Å². The predicted molar refractivity (Wildman–Crippen MR) is 265 cm³/mol. The second kappa shape index (κ2) is 14.8. The molecule has 0 N–H and O–H groups in total. The van der Waals surface area contributed by atoms with Crippen molar-refractivity contribution in [1.82, 2.24) is 0 Å². The van der Waals surface area contributed by atoms with Gasteiger partial charge in [0.2, 0.25) is 0 Å². The number of furan rings is 1. The van der Waals surface area contributed by atoms with Crippen molar-refractivity contribution in [2.45, 2.75) is 5.41 Å². The van der Waals surface area contributed by atoms with Gasteiger partial charge in [0.25, 0.3) is 0 Å². The van der Waals surface area contributed by atoms with Gasteiger partial charge in [-0.25, -0.2) is 8.78 Å². The molecule has 312 valence electrons. The minimum absolute atomic E-state index is 0.252. The maximum Gasteiger partial charge on any atom is 0.143 e. The Bertz CT molecular complexity index is 3560. The van der Waals surface area contributed by atoms with Crippen LogP contribution in [0.15, 0.2) is 235 Å². The molecule has 2 aliphatic heterocycles. The van der Waals surface area contributed by atoms with Crippen molar-refractivity contribution in [2.24, 2.45) is 0 Å². The summed E-state index contributed by atoms with van der Waals surface area (Å²) in [7, 11) is 0. The summed E-state index contributed by atoms with van der Waals surface area (Å²) in [5, 5.41) is 2.17. The second-order valence-electron chi connectivity index (χ2n) is 17.1. The number of para-hydroxylation sites is 5. The summed E-state index contributed by atoms with van der Waals surface area (Å²) in [5.74, 6) is -0.506. The quantitative estimate of drug-likeness (QED) is 0.172. The molecule has 13 rings (SSSR count). The Morgan fingerprint density at radius 3 is 1.26 bits per heavy atom. The van der Waals surface area contributed by atoms with Crippen LogP contribution in [0.3, 0.4) is 0 Å². The van der Waals surface area contributed by atoms with E-state index in [0.717, 1.165) is 112 Å². The van der Waals surface area contributed by atoms with Gasteiger partial charge in [-0.3, -0.25) is 0 Å². The van der Waals surface area contributed by atoms with Gasteiger partial charge in [-0.1, -0.05) is 146 Å². The van der Waals surface area contributed by atoms with Crippen LogP contribution in [-0.4, -0.2) is 0 Å². The van der Waals surface area contributed by atoms with E-state index in [4.69, 9.17) is 4.42 Å². The Balaban J connectivity index is 1.06. The second-order valence-corrected chi connectivity index (χ2v) is 17.1. The first-order chi connectivity index (χ1) is 32.5. The van der Waals surface area contributed by atoms with E-state index in [2.05, 4.69) is 180 Å². The summed E-state index contributed by atoms with van der Waals surface area (Å²) in [4.78, 5) is 4.77. The van der Waals surface area contributed by atoms with Gasteiger partial charge in [0.05, 0.1) is 28.2 Å². The maximum atomic E-state index is 14.0. The molecule has 10 aromatic carbocycles. The van der Waals surface area contributed by atoms with Gasteiger partial charge in [-0.2, -0.15) is 0 Å². The lowest BCUT2D eigenvalue weighted by atomic mass is 9.60. The summed E-state index contributed by atoms with van der Waals surface area (Å²) in [6.45, 7) is 0. The molecule has 0 saturated heterocycles. The zero-order chi connectivity index (χ0) is 43.9. The first kappa shape index (κ1) is 38.0. The standard InChI is InChI=1S/C61H38F2N2O/c62-44-29-20-39(21-30-44)41-24-33-46(34-25-41)64-55-16-5-2-13-51(55)61(52-14-3-6-17-56(52)64)53-15-4-7-18-57(53)65(47-35-26-42(27-36-47)40-22-31-45(63)32-23-40)58-37-28-43(38-54(58)61)48-11-9-12-50-49-10-1-8-19-59(49)66-60(48)50/h1-38H. The number of anilines is 6. The van der Waals surface area contributed by atoms with Crippen LogP contribution in [0.1, 0.15) is 22.3 Å². The Kier molecular flexibility index (Phi) is 8.49. The molecule has 0 atom stereocenters. The molecule has 3 nitrogen and oxygen atoms in total. The summed E-state index contributed by atoms with van der Waals surface area (Å²) in [6, 6.07) is 78.5. The van der Waals surface area contributed by atoms with Crippen LogP contribution in [0, 0.1) is 11.6 Å². The van der Waals surface area contributed by atoms with Gasteiger partial charge >= 0.3 is 0 Å². The van der Waals surface area contributed by atoms with Crippen LogP contribution in [0.4, 0.5) is 42.9 Å². The third kappa shape index (κ3) is 5.66. The van der Waals surface area contributed by atoms with Crippen molar-refractivity contribution in [3.05, 3.63) is 264 Å². The van der Waals surface area contributed by atoms with E-state index in [0.29, 0.717) is 0 Å². The van der Waals surface area contributed by atoms with Crippen molar-refractivity contribution in [2.75, 3.05) is 9.80 Å². The predicted octanol–water partition coefficient (Wildman–Crippen LogP) is 16.8. The summed E-state index contributed by atoms with van der Waals surface area (Å²) < 4.78 is 34.5. The number of rotatable bonds is 5. The lowest BCUT2D eigenvalue weighted by Gasteiger charge is -2.51.